The van der Waals surface area contributed by atoms with Crippen molar-refractivity contribution in [3.05, 3.63) is 101 Å². The maximum Gasteiger partial charge on any atom is 0.295 e. The maximum absolute atomic E-state index is 14.8. The molecule has 0 spiro atoms. The first-order valence-corrected chi connectivity index (χ1v) is 9.99. The molecule has 3 aromatic rings. The number of likely N-dealkylation sites (tertiary alicyclic amines) is 1. The third-order valence-corrected chi connectivity index (χ3v) is 5.48. The molecule has 2 aromatic carbocycles. The molecule has 6 nitrogen and oxygen atoms in total. The van der Waals surface area contributed by atoms with Crippen molar-refractivity contribution < 1.29 is 23.8 Å². The predicted octanol–water partition coefficient (Wildman–Crippen LogP) is 4.16. The first-order chi connectivity index (χ1) is 15.4. The zero-order valence-electron chi connectivity index (χ0n) is 17.6. The third-order valence-electron chi connectivity index (χ3n) is 5.48. The Labute approximate surface area is 184 Å². The van der Waals surface area contributed by atoms with Crippen LogP contribution in [-0.2, 0) is 16.1 Å². The lowest BCUT2D eigenvalue weighted by Crippen LogP contribution is -2.29. The molecule has 1 N–H and O–H groups in total. The molecule has 4 rings (SSSR count). The Kier molecular flexibility index (Phi) is 5.73. The van der Waals surface area contributed by atoms with Crippen LogP contribution in [0.4, 0.5) is 4.39 Å². The molecule has 7 heteroatoms. The topological polar surface area (TPSA) is 79.7 Å². The van der Waals surface area contributed by atoms with Gasteiger partial charge in [-0.15, -0.1) is 0 Å². The minimum atomic E-state index is -1.08. The van der Waals surface area contributed by atoms with Crippen molar-refractivity contribution in [2.75, 3.05) is 7.11 Å². The molecule has 1 aromatic heterocycles. The quantitative estimate of drug-likeness (QED) is 0.372. The monoisotopic (exact) mass is 432 g/mol. The summed E-state index contributed by atoms with van der Waals surface area (Å²) in [5.41, 5.74) is 1.72. The average Bonchev–Trinajstić information content (AvgIpc) is 3.04. The molecule has 1 atom stereocenters. The molecule has 0 bridgehead atoms. The van der Waals surface area contributed by atoms with E-state index >= 15 is 0 Å². The van der Waals surface area contributed by atoms with E-state index in [1.807, 2.05) is 0 Å². The molecule has 0 radical (unpaired) electrons. The number of nitrogens with zero attached hydrogens (tertiary/aromatic N) is 2. The highest BCUT2D eigenvalue weighted by Crippen LogP contribution is 2.41. The van der Waals surface area contributed by atoms with Gasteiger partial charge in [0.05, 0.1) is 18.7 Å². The highest BCUT2D eigenvalue weighted by atomic mass is 19.1. The Morgan fingerprint density at radius 1 is 1.16 bits per heavy atom. The van der Waals surface area contributed by atoms with E-state index in [4.69, 9.17) is 4.74 Å². The first-order valence-electron chi connectivity index (χ1n) is 9.99. The van der Waals surface area contributed by atoms with Crippen molar-refractivity contribution in [2.24, 2.45) is 0 Å². The van der Waals surface area contributed by atoms with Gasteiger partial charge in [-0.2, -0.15) is 0 Å². The lowest BCUT2D eigenvalue weighted by atomic mass is 9.94. The average molecular weight is 432 g/mol. The summed E-state index contributed by atoms with van der Waals surface area (Å²) in [6.07, 6.45) is 3.17. The number of aryl methyl sites for hydroxylation is 1. The number of aliphatic hydroxyl groups excluding tert-OH is 1. The van der Waals surface area contributed by atoms with E-state index < -0.39 is 23.5 Å². The van der Waals surface area contributed by atoms with Crippen molar-refractivity contribution in [3.8, 4) is 5.75 Å². The number of hydrogen-bond acceptors (Lipinski definition) is 5. The van der Waals surface area contributed by atoms with Gasteiger partial charge in [-0.3, -0.25) is 14.6 Å². The van der Waals surface area contributed by atoms with Gasteiger partial charge in [0, 0.05) is 30.1 Å². The van der Waals surface area contributed by atoms with Crippen LogP contribution in [0.5, 0.6) is 5.75 Å². The van der Waals surface area contributed by atoms with Gasteiger partial charge < -0.3 is 14.7 Å². The second kappa shape index (κ2) is 8.63. The fourth-order valence-electron chi connectivity index (χ4n) is 3.93. The molecule has 2 heterocycles. The van der Waals surface area contributed by atoms with Gasteiger partial charge in [-0.25, -0.2) is 4.39 Å². The number of carbonyl (C=O) groups is 2. The lowest BCUT2D eigenvalue weighted by molar-refractivity contribution is -0.140. The summed E-state index contributed by atoms with van der Waals surface area (Å²) in [4.78, 5) is 31.3. The lowest BCUT2D eigenvalue weighted by Gasteiger charge is -2.25. The molecular formula is C25H21FN2O4. The third kappa shape index (κ3) is 3.73. The number of methoxy groups -OCH3 is 1. The van der Waals surface area contributed by atoms with Crippen LogP contribution in [0.25, 0.3) is 5.76 Å². The van der Waals surface area contributed by atoms with Crippen molar-refractivity contribution >= 4 is 17.4 Å². The molecule has 1 saturated heterocycles. The smallest absolute Gasteiger partial charge is 0.295 e. The fourth-order valence-corrected chi connectivity index (χ4v) is 3.93. The molecule has 0 aliphatic carbocycles. The number of ether oxygens (including phenoxy) is 1. The summed E-state index contributed by atoms with van der Waals surface area (Å²) in [5.74, 6) is -2.00. The molecular weight excluding hydrogens is 411 g/mol. The maximum atomic E-state index is 14.8. The standard InChI is InChI=1S/C25H21FN2O4/c1-15-12-17(9-10-20(15)32-2)23(29)21-22(18-7-3-4-8-19(18)26)28(25(31)24(21)30)14-16-6-5-11-27-13-16/h3-13,22,29H,14H2,1-2H3/b23-21+. The number of aliphatic hydroxyl groups is 1. The van der Waals surface area contributed by atoms with Crippen molar-refractivity contribution in [2.45, 2.75) is 19.5 Å². The van der Waals surface area contributed by atoms with Crippen LogP contribution in [0.15, 0.2) is 72.6 Å². The highest BCUT2D eigenvalue weighted by molar-refractivity contribution is 6.46. The number of carbonyl (C=O) groups excluding carboxylic acids is 2. The Morgan fingerprint density at radius 3 is 2.59 bits per heavy atom. The SMILES string of the molecule is COc1ccc(/C(O)=C2\C(=O)C(=O)N(Cc3cccnc3)C2c2ccccc2F)cc1C. The van der Waals surface area contributed by atoms with Crippen LogP contribution in [0, 0.1) is 12.7 Å². The summed E-state index contributed by atoms with van der Waals surface area (Å²) >= 11 is 0. The number of ketones is 1. The summed E-state index contributed by atoms with van der Waals surface area (Å²) in [5, 5.41) is 11.1. The van der Waals surface area contributed by atoms with E-state index in [-0.39, 0.29) is 23.4 Å². The minimum Gasteiger partial charge on any atom is -0.507 e. The molecule has 32 heavy (non-hydrogen) atoms. The molecule has 1 aliphatic rings. The van der Waals surface area contributed by atoms with Crippen LogP contribution in [0.1, 0.15) is 28.3 Å². The fraction of sp³-hybridized carbons (Fsp3) is 0.160. The summed E-state index contributed by atoms with van der Waals surface area (Å²) in [6.45, 7) is 1.83. The Balaban J connectivity index is 1.89. The first kappa shape index (κ1) is 21.2. The van der Waals surface area contributed by atoms with Gasteiger partial charge in [0.15, 0.2) is 0 Å². The van der Waals surface area contributed by atoms with E-state index in [2.05, 4.69) is 4.98 Å². The Bertz CT molecular complexity index is 1220. The number of benzene rings is 2. The van der Waals surface area contributed by atoms with Crippen LogP contribution in [0.2, 0.25) is 0 Å². The summed E-state index contributed by atoms with van der Waals surface area (Å²) in [6, 6.07) is 13.2. The van der Waals surface area contributed by atoms with E-state index in [0.717, 1.165) is 5.56 Å². The Hall–Kier alpha value is -4.00. The molecule has 162 valence electrons. The van der Waals surface area contributed by atoms with Crippen LogP contribution in [-0.4, -0.2) is 33.8 Å². The van der Waals surface area contributed by atoms with E-state index in [1.54, 1.807) is 55.7 Å². The van der Waals surface area contributed by atoms with Gasteiger partial charge in [0.2, 0.25) is 0 Å². The highest BCUT2D eigenvalue weighted by Gasteiger charge is 2.47. The summed E-state index contributed by atoms with van der Waals surface area (Å²) in [7, 11) is 1.53. The molecule has 1 aliphatic heterocycles. The van der Waals surface area contributed by atoms with Crippen LogP contribution >= 0.6 is 0 Å². The summed E-state index contributed by atoms with van der Waals surface area (Å²) < 4.78 is 20.1. The molecule has 1 unspecified atom stereocenters. The number of pyridine rings is 1. The van der Waals surface area contributed by atoms with Crippen molar-refractivity contribution in [1.82, 2.24) is 9.88 Å². The molecule has 0 saturated carbocycles. The second-order valence-corrected chi connectivity index (χ2v) is 7.49. The predicted molar refractivity (Wildman–Crippen MR) is 116 cm³/mol. The molecule has 1 amide bonds. The number of rotatable bonds is 5. The van der Waals surface area contributed by atoms with Gasteiger partial charge in [0.1, 0.15) is 17.3 Å². The van der Waals surface area contributed by atoms with Gasteiger partial charge in [-0.05, 0) is 48.4 Å². The van der Waals surface area contributed by atoms with E-state index in [1.165, 1.54) is 30.2 Å². The molecule has 1 fully saturated rings. The second-order valence-electron chi connectivity index (χ2n) is 7.49. The van der Waals surface area contributed by atoms with E-state index in [9.17, 15) is 19.1 Å². The number of Topliss-reactive ketones (excluding diaryl/α,β-unsaturated/α-hetero) is 1. The van der Waals surface area contributed by atoms with Gasteiger partial charge in [-0.1, -0.05) is 24.3 Å². The number of halogens is 1. The number of aromatic nitrogens is 1. The van der Waals surface area contributed by atoms with Gasteiger partial charge >= 0.3 is 0 Å². The van der Waals surface area contributed by atoms with Crippen molar-refractivity contribution in [3.63, 3.8) is 0 Å². The van der Waals surface area contributed by atoms with Crippen LogP contribution in [0.3, 0.4) is 0 Å². The largest absolute Gasteiger partial charge is 0.507 e. The minimum absolute atomic E-state index is 0.0375. The normalized spacial score (nSPS) is 17.6. The number of amides is 1. The number of hydrogen-bond donors (Lipinski definition) is 1. The zero-order valence-corrected chi connectivity index (χ0v) is 17.6. The van der Waals surface area contributed by atoms with Crippen molar-refractivity contribution in [1.29, 1.82) is 0 Å². The zero-order chi connectivity index (χ0) is 22.8. The van der Waals surface area contributed by atoms with Gasteiger partial charge in [0.25, 0.3) is 11.7 Å². The Morgan fingerprint density at radius 2 is 1.94 bits per heavy atom. The van der Waals surface area contributed by atoms with E-state index in [0.29, 0.717) is 16.9 Å². The van der Waals surface area contributed by atoms with Crippen LogP contribution < -0.4 is 4.74 Å².